The molecule has 3 aromatic rings. The Morgan fingerprint density at radius 2 is 2.04 bits per heavy atom. The fraction of sp³-hybridized carbons (Fsp3) is 0.211. The molecule has 0 saturated carbocycles. The minimum Gasteiger partial charge on any atom is -0.500 e. The Morgan fingerprint density at radius 1 is 1.27 bits per heavy atom. The van der Waals surface area contributed by atoms with E-state index in [2.05, 4.69) is 30.2 Å². The minimum atomic E-state index is -1.26. The molecule has 4 rings (SSSR count). The number of thiophene rings is 1. The summed E-state index contributed by atoms with van der Waals surface area (Å²) in [5.41, 5.74) is 4.07. The molecule has 6 nitrogen and oxygen atoms in total. The normalized spacial score (nSPS) is 14.1. The molecule has 1 aliphatic rings. The molecule has 0 spiro atoms. The van der Waals surface area contributed by atoms with Gasteiger partial charge in [-0.05, 0) is 36.1 Å². The number of rotatable bonds is 3. The number of aromatic nitrogens is 1. The molecule has 1 aliphatic heterocycles. The number of nitrogens with one attached hydrogen (secondary N) is 1. The molecular weight excluding hydrogens is 350 g/mol. The van der Waals surface area contributed by atoms with Gasteiger partial charge < -0.3 is 15.2 Å². The number of amides is 2. The smallest absolute Gasteiger partial charge is 0.331 e. The van der Waals surface area contributed by atoms with Crippen LogP contribution in [0.15, 0.2) is 35.8 Å². The highest BCUT2D eigenvalue weighted by atomic mass is 32.2. The monoisotopic (exact) mass is 367 g/mol. The third-order valence-corrected chi connectivity index (χ3v) is 6.16. The summed E-state index contributed by atoms with van der Waals surface area (Å²) in [5.74, 6) is 0.391. The zero-order chi connectivity index (χ0) is 18.6. The van der Waals surface area contributed by atoms with Crippen LogP contribution in [-0.2, 0) is 0 Å². The number of urea groups is 1. The Morgan fingerprint density at radius 3 is 2.69 bits per heavy atom. The fourth-order valence-corrected chi connectivity index (χ4v) is 4.69. The Bertz CT molecular complexity index is 1070. The third-order valence-electron chi connectivity index (χ3n) is 4.60. The van der Waals surface area contributed by atoms with Crippen molar-refractivity contribution < 1.29 is 14.7 Å². The summed E-state index contributed by atoms with van der Waals surface area (Å²) in [6.07, 6.45) is 1.54. The van der Waals surface area contributed by atoms with Gasteiger partial charge in [0.25, 0.3) is 4.83 Å². The molecule has 0 bridgehead atoms. The summed E-state index contributed by atoms with van der Waals surface area (Å²) in [4.78, 5) is 30.5. The van der Waals surface area contributed by atoms with Crippen molar-refractivity contribution in [1.82, 2.24) is 4.98 Å². The molecule has 2 aromatic heterocycles. The summed E-state index contributed by atoms with van der Waals surface area (Å²) in [6, 6.07) is 7.44. The zero-order valence-corrected chi connectivity index (χ0v) is 15.4. The van der Waals surface area contributed by atoms with E-state index in [9.17, 15) is 14.7 Å². The number of nitrogens with zero attached hydrogens (tertiary/aromatic N) is 2. The highest BCUT2D eigenvalue weighted by Gasteiger charge is 2.34. The van der Waals surface area contributed by atoms with Gasteiger partial charge in [-0.3, -0.25) is 4.90 Å². The Labute approximate surface area is 153 Å². The van der Waals surface area contributed by atoms with Crippen LogP contribution in [0.25, 0.3) is 10.2 Å². The molecule has 0 saturated heterocycles. The first-order chi connectivity index (χ1) is 12.4. The quantitative estimate of drug-likeness (QED) is 0.700. The Balaban J connectivity index is 1.94. The van der Waals surface area contributed by atoms with Crippen LogP contribution >= 0.6 is 10.5 Å². The van der Waals surface area contributed by atoms with Crippen molar-refractivity contribution in [3.05, 3.63) is 47.0 Å². The van der Waals surface area contributed by atoms with E-state index in [4.69, 9.17) is 0 Å². The summed E-state index contributed by atoms with van der Waals surface area (Å²) < 4.78 is 0. The maximum atomic E-state index is 12.8. The number of carbonyl (C=O) groups excluding carboxylic acids is 2. The molecule has 1 aromatic carbocycles. The van der Waals surface area contributed by atoms with E-state index in [0.717, 1.165) is 11.3 Å². The van der Waals surface area contributed by atoms with E-state index in [1.165, 1.54) is 17.1 Å². The van der Waals surface area contributed by atoms with Gasteiger partial charge in [0.15, 0.2) is 5.38 Å². The van der Waals surface area contributed by atoms with Crippen LogP contribution in [0.2, 0.25) is 0 Å². The van der Waals surface area contributed by atoms with E-state index in [1.807, 2.05) is 19.1 Å². The number of hydrogen-bond donors (Lipinski definition) is 1. The van der Waals surface area contributed by atoms with Gasteiger partial charge in [0.1, 0.15) is 11.1 Å². The van der Waals surface area contributed by atoms with Crippen molar-refractivity contribution in [2.45, 2.75) is 26.7 Å². The number of hydrogen-bond acceptors (Lipinski definition) is 4. The summed E-state index contributed by atoms with van der Waals surface area (Å²) in [5, 5.41) is 15.2. The highest BCUT2D eigenvalue weighted by molar-refractivity contribution is 7.54. The number of aryl methyl sites for hydroxylation is 1. The molecule has 0 radical (unpaired) electrons. The second kappa shape index (κ2) is 5.81. The number of benzene rings is 1. The van der Waals surface area contributed by atoms with E-state index in [-0.39, 0.29) is 6.03 Å². The molecule has 0 aliphatic carbocycles. The number of pyridine rings is 1. The second-order valence-corrected chi connectivity index (χ2v) is 8.23. The largest absolute Gasteiger partial charge is 0.500 e. The topological polar surface area (TPSA) is 85.4 Å². The van der Waals surface area contributed by atoms with Gasteiger partial charge in [0, 0.05) is 6.20 Å². The standard InChI is InChI=1S/C19H17N3O3S/c1-10(2)12-4-5-14(11(3)8-12)22-15-6-7-20-17-16(15)13(21-18(22)23)9-26(17)19(24)25/h4-10H,1-3H3,(H-,21,23,24,25). The van der Waals surface area contributed by atoms with Gasteiger partial charge in [-0.1, -0.05) is 26.0 Å². The first-order valence-corrected chi connectivity index (χ1v) is 9.54. The molecule has 2 amide bonds. The van der Waals surface area contributed by atoms with Gasteiger partial charge in [0.2, 0.25) is 0 Å². The zero-order valence-electron chi connectivity index (χ0n) is 14.6. The second-order valence-electron chi connectivity index (χ2n) is 6.60. The maximum absolute atomic E-state index is 12.8. The van der Waals surface area contributed by atoms with Crippen molar-refractivity contribution in [3.8, 4) is 0 Å². The predicted molar refractivity (Wildman–Crippen MR) is 101 cm³/mol. The maximum Gasteiger partial charge on any atom is 0.331 e. The average molecular weight is 367 g/mol. The van der Waals surface area contributed by atoms with Gasteiger partial charge >= 0.3 is 11.3 Å². The molecule has 26 heavy (non-hydrogen) atoms. The van der Waals surface area contributed by atoms with Crippen molar-refractivity contribution in [2.75, 3.05) is 10.2 Å². The molecule has 7 heteroatoms. The van der Waals surface area contributed by atoms with Crippen molar-refractivity contribution in [1.29, 1.82) is 0 Å². The van der Waals surface area contributed by atoms with Gasteiger partial charge in [-0.15, -0.1) is 0 Å². The summed E-state index contributed by atoms with van der Waals surface area (Å²) in [6.45, 7) is 6.21. The lowest BCUT2D eigenvalue weighted by atomic mass is 9.99. The minimum absolute atomic E-state index is 0.315. The number of carboxylic acid groups (broad SMARTS) is 1. The van der Waals surface area contributed by atoms with Gasteiger partial charge in [-0.2, -0.15) is 0 Å². The van der Waals surface area contributed by atoms with Crippen LogP contribution in [0.4, 0.5) is 26.7 Å². The fourth-order valence-electron chi connectivity index (χ4n) is 3.30. The van der Waals surface area contributed by atoms with Crippen LogP contribution < -0.4 is 15.3 Å². The average Bonchev–Trinajstić information content (AvgIpc) is 2.96. The lowest BCUT2D eigenvalue weighted by Gasteiger charge is -2.28. The first kappa shape index (κ1) is 16.5. The van der Waals surface area contributed by atoms with Gasteiger partial charge in [-0.25, -0.2) is 9.78 Å². The molecule has 1 N–H and O–H groups in total. The number of carbonyl (C=O) groups is 2. The van der Waals surface area contributed by atoms with Crippen LogP contribution in [0.3, 0.4) is 0 Å². The molecule has 1 unspecified atom stereocenters. The summed E-state index contributed by atoms with van der Waals surface area (Å²) >= 11 is 0. The van der Waals surface area contributed by atoms with E-state index in [1.54, 1.807) is 11.0 Å². The molecule has 0 fully saturated rings. The lowest BCUT2D eigenvalue weighted by molar-refractivity contribution is -0.233. The SMILES string of the molecule is Cc1cc(C(C)C)ccc1N1C(=O)Nc2c[s+](C(=O)[O-])c3nccc1c23. The molecule has 132 valence electrons. The predicted octanol–water partition coefficient (Wildman–Crippen LogP) is 4.29. The third kappa shape index (κ3) is 2.35. The summed E-state index contributed by atoms with van der Waals surface area (Å²) in [7, 11) is -1.26. The van der Waals surface area contributed by atoms with E-state index >= 15 is 0 Å². The molecular formula is C19H17N3O3S. The Kier molecular flexibility index (Phi) is 3.69. The van der Waals surface area contributed by atoms with Crippen LogP contribution in [0, 0.1) is 6.92 Å². The van der Waals surface area contributed by atoms with Crippen molar-refractivity contribution in [2.24, 2.45) is 0 Å². The first-order valence-electron chi connectivity index (χ1n) is 8.25. The lowest BCUT2D eigenvalue weighted by Crippen LogP contribution is -2.34. The van der Waals surface area contributed by atoms with Crippen molar-refractivity contribution in [3.63, 3.8) is 0 Å². The van der Waals surface area contributed by atoms with Crippen molar-refractivity contribution >= 4 is 49.1 Å². The number of anilines is 3. The van der Waals surface area contributed by atoms with Gasteiger partial charge in [0.05, 0.1) is 21.8 Å². The molecule has 1 atom stereocenters. The Hall–Kier alpha value is -2.93. The van der Waals surface area contributed by atoms with E-state index < -0.39 is 15.8 Å². The van der Waals surface area contributed by atoms with Crippen LogP contribution in [0.5, 0.6) is 0 Å². The van der Waals surface area contributed by atoms with Crippen LogP contribution in [-0.4, -0.2) is 16.3 Å². The van der Waals surface area contributed by atoms with Crippen LogP contribution in [0.1, 0.15) is 30.9 Å². The van der Waals surface area contributed by atoms with E-state index in [0.29, 0.717) is 27.5 Å². The highest BCUT2D eigenvalue weighted by Crippen LogP contribution is 2.47. The molecule has 3 heterocycles.